The maximum absolute atomic E-state index is 12.2. The molecule has 0 radical (unpaired) electrons. The van der Waals surface area contributed by atoms with Crippen molar-refractivity contribution in [2.45, 2.75) is 35.9 Å². The first-order valence-corrected chi connectivity index (χ1v) is 8.87. The third kappa shape index (κ3) is 2.71. The van der Waals surface area contributed by atoms with Gasteiger partial charge in [0.1, 0.15) is 4.21 Å². The van der Waals surface area contributed by atoms with Crippen molar-refractivity contribution < 1.29 is 8.42 Å². The maximum atomic E-state index is 12.2. The molecule has 0 spiro atoms. The Balaban J connectivity index is 2.25. The van der Waals surface area contributed by atoms with Crippen LogP contribution in [-0.4, -0.2) is 19.8 Å². The minimum Gasteiger partial charge on any atom is -0.206 e. The summed E-state index contributed by atoms with van der Waals surface area (Å²) in [4.78, 5) is 0. The van der Waals surface area contributed by atoms with Crippen LogP contribution in [-0.2, 0) is 10.0 Å². The Hall–Kier alpha value is 0.380. The van der Waals surface area contributed by atoms with Crippen LogP contribution in [0, 0.1) is 6.92 Å². The molecular weight excluding hydrogens is 346 g/mol. The van der Waals surface area contributed by atoms with Crippen LogP contribution in [0.5, 0.6) is 0 Å². The number of hydrogen-bond acceptors (Lipinski definition) is 3. The summed E-state index contributed by atoms with van der Waals surface area (Å²) in [5.74, 6) is 0.331. The lowest BCUT2D eigenvalue weighted by Crippen LogP contribution is -2.54. The van der Waals surface area contributed by atoms with E-state index in [4.69, 9.17) is 11.6 Å². The van der Waals surface area contributed by atoms with Crippen molar-refractivity contribution in [1.29, 1.82) is 0 Å². The van der Waals surface area contributed by atoms with E-state index in [-0.39, 0.29) is 0 Å². The number of thiophene rings is 1. The predicted octanol–water partition coefficient (Wildman–Crippen LogP) is 3.26. The molecule has 3 nitrogen and oxygen atoms in total. The van der Waals surface area contributed by atoms with Gasteiger partial charge in [-0.1, -0.05) is 0 Å². The Labute approximate surface area is 119 Å². The Morgan fingerprint density at radius 3 is 2.59 bits per heavy atom. The summed E-state index contributed by atoms with van der Waals surface area (Å²) in [6.45, 7) is 1.88. The lowest BCUT2D eigenvalue weighted by Gasteiger charge is -2.40. The summed E-state index contributed by atoms with van der Waals surface area (Å²) in [5.41, 5.74) is 0.508. The van der Waals surface area contributed by atoms with Gasteiger partial charge in [0.05, 0.1) is 3.79 Å². The minimum absolute atomic E-state index is 0.331. The third-order valence-corrected chi connectivity index (χ3v) is 7.72. The molecule has 1 heterocycles. The molecule has 0 aliphatic heterocycles. The molecule has 0 bridgehead atoms. The van der Waals surface area contributed by atoms with Gasteiger partial charge in [-0.15, -0.1) is 22.9 Å². The van der Waals surface area contributed by atoms with Crippen LogP contribution in [0.2, 0.25) is 0 Å². The van der Waals surface area contributed by atoms with Gasteiger partial charge in [0.25, 0.3) is 10.0 Å². The average Bonchev–Trinajstić information content (AvgIpc) is 2.54. The van der Waals surface area contributed by atoms with Gasteiger partial charge in [0, 0.05) is 11.4 Å². The quantitative estimate of drug-likeness (QED) is 0.840. The molecule has 0 aromatic carbocycles. The molecule has 1 aliphatic rings. The number of aryl methyl sites for hydroxylation is 1. The van der Waals surface area contributed by atoms with Crippen LogP contribution in [0.15, 0.2) is 14.1 Å². The number of sulfonamides is 1. The summed E-state index contributed by atoms with van der Waals surface area (Å²) in [6, 6.07) is 1.68. The topological polar surface area (TPSA) is 46.2 Å². The highest BCUT2D eigenvalue weighted by molar-refractivity contribution is 9.11. The third-order valence-electron chi connectivity index (χ3n) is 3.02. The zero-order valence-electron chi connectivity index (χ0n) is 9.29. The standard InChI is InChI=1S/C10H13BrClNO2S2/c1-7-5-8(16-9(7)11)17(14,15)13-10(6-12)3-2-4-10/h5,13H,2-4,6H2,1H3. The van der Waals surface area contributed by atoms with E-state index < -0.39 is 15.6 Å². The molecule has 17 heavy (non-hydrogen) atoms. The summed E-state index contributed by atoms with van der Waals surface area (Å²) in [6.07, 6.45) is 2.67. The molecule has 1 N–H and O–H groups in total. The highest BCUT2D eigenvalue weighted by Gasteiger charge is 2.40. The van der Waals surface area contributed by atoms with Crippen molar-refractivity contribution in [1.82, 2.24) is 4.72 Å². The Morgan fingerprint density at radius 1 is 1.59 bits per heavy atom. The van der Waals surface area contributed by atoms with Crippen LogP contribution in [0.25, 0.3) is 0 Å². The van der Waals surface area contributed by atoms with Gasteiger partial charge in [0.2, 0.25) is 0 Å². The van der Waals surface area contributed by atoms with E-state index in [2.05, 4.69) is 20.7 Å². The number of hydrogen-bond donors (Lipinski definition) is 1. The second kappa shape index (κ2) is 4.81. The van der Waals surface area contributed by atoms with Gasteiger partial charge in [0.15, 0.2) is 0 Å². The number of nitrogens with one attached hydrogen (secondary N) is 1. The summed E-state index contributed by atoms with van der Waals surface area (Å²) in [7, 11) is -3.44. The predicted molar refractivity (Wildman–Crippen MR) is 74.4 cm³/mol. The highest BCUT2D eigenvalue weighted by Crippen LogP contribution is 2.36. The van der Waals surface area contributed by atoms with Gasteiger partial charge in [-0.2, -0.15) is 0 Å². The molecule has 2 rings (SSSR count). The van der Waals surface area contributed by atoms with Gasteiger partial charge >= 0.3 is 0 Å². The van der Waals surface area contributed by atoms with E-state index in [9.17, 15) is 8.42 Å². The fraction of sp³-hybridized carbons (Fsp3) is 0.600. The first-order valence-electron chi connectivity index (χ1n) is 5.24. The van der Waals surface area contributed by atoms with E-state index in [1.54, 1.807) is 6.07 Å². The Bertz CT molecular complexity index is 497. The lowest BCUT2D eigenvalue weighted by atomic mass is 9.79. The van der Waals surface area contributed by atoms with Gasteiger partial charge < -0.3 is 0 Å². The molecule has 1 aromatic rings. The minimum atomic E-state index is -3.44. The van der Waals surface area contributed by atoms with Crippen molar-refractivity contribution >= 4 is 48.9 Å². The largest absolute Gasteiger partial charge is 0.250 e. The van der Waals surface area contributed by atoms with Gasteiger partial charge in [-0.05, 0) is 53.7 Å². The first kappa shape index (κ1) is 13.8. The highest BCUT2D eigenvalue weighted by atomic mass is 79.9. The fourth-order valence-corrected chi connectivity index (χ4v) is 5.86. The Morgan fingerprint density at radius 2 is 2.24 bits per heavy atom. The van der Waals surface area contributed by atoms with Crippen LogP contribution >= 0.6 is 38.9 Å². The maximum Gasteiger partial charge on any atom is 0.250 e. The van der Waals surface area contributed by atoms with Crippen molar-refractivity contribution in [3.05, 3.63) is 15.4 Å². The number of rotatable bonds is 4. The molecular formula is C10H13BrClNO2S2. The van der Waals surface area contributed by atoms with E-state index in [0.717, 1.165) is 28.6 Å². The van der Waals surface area contributed by atoms with E-state index in [1.165, 1.54) is 11.3 Å². The van der Waals surface area contributed by atoms with E-state index in [1.807, 2.05) is 6.92 Å². The van der Waals surface area contributed by atoms with Crippen molar-refractivity contribution in [3.8, 4) is 0 Å². The van der Waals surface area contributed by atoms with Crippen molar-refractivity contribution in [2.24, 2.45) is 0 Å². The zero-order valence-corrected chi connectivity index (χ0v) is 13.3. The summed E-state index contributed by atoms with van der Waals surface area (Å²) < 4.78 is 28.3. The molecule has 7 heteroatoms. The Kier molecular flexibility index (Phi) is 3.91. The van der Waals surface area contributed by atoms with Gasteiger partial charge in [-0.3, -0.25) is 0 Å². The molecule has 1 aromatic heterocycles. The fourth-order valence-electron chi connectivity index (χ4n) is 1.77. The molecule has 1 saturated carbocycles. The normalized spacial score (nSPS) is 19.0. The zero-order chi connectivity index (χ0) is 12.7. The molecule has 0 amide bonds. The number of halogens is 2. The van der Waals surface area contributed by atoms with Crippen LogP contribution in [0.1, 0.15) is 24.8 Å². The van der Waals surface area contributed by atoms with Crippen LogP contribution in [0.3, 0.4) is 0 Å². The average molecular weight is 359 g/mol. The van der Waals surface area contributed by atoms with Crippen molar-refractivity contribution in [2.75, 3.05) is 5.88 Å². The molecule has 96 valence electrons. The van der Waals surface area contributed by atoms with E-state index >= 15 is 0 Å². The first-order chi connectivity index (χ1) is 7.88. The second-order valence-corrected chi connectivity index (χ2v) is 8.94. The lowest BCUT2D eigenvalue weighted by molar-refractivity contribution is 0.252. The molecule has 0 unspecified atom stereocenters. The van der Waals surface area contributed by atoms with Gasteiger partial charge in [-0.25, -0.2) is 13.1 Å². The summed E-state index contributed by atoms with van der Waals surface area (Å²) >= 11 is 10.4. The molecule has 1 fully saturated rings. The monoisotopic (exact) mass is 357 g/mol. The van der Waals surface area contributed by atoms with Crippen LogP contribution < -0.4 is 4.72 Å². The second-order valence-electron chi connectivity index (χ2n) is 4.40. The van der Waals surface area contributed by atoms with Crippen molar-refractivity contribution in [3.63, 3.8) is 0 Å². The van der Waals surface area contributed by atoms with E-state index in [0.29, 0.717) is 10.1 Å². The molecule has 0 atom stereocenters. The van der Waals surface area contributed by atoms with Crippen LogP contribution in [0.4, 0.5) is 0 Å². The summed E-state index contributed by atoms with van der Waals surface area (Å²) in [5, 5.41) is 0. The molecule has 0 saturated heterocycles. The SMILES string of the molecule is Cc1cc(S(=O)(=O)NC2(CCl)CCC2)sc1Br. The molecule has 1 aliphatic carbocycles. The smallest absolute Gasteiger partial charge is 0.206 e. The number of alkyl halides is 1.